The Labute approximate surface area is 129 Å². The highest BCUT2D eigenvalue weighted by molar-refractivity contribution is 7.12. The quantitative estimate of drug-likeness (QED) is 0.934. The minimum absolute atomic E-state index is 0.00473. The summed E-state index contributed by atoms with van der Waals surface area (Å²) in [5, 5.41) is 4.88. The summed E-state index contributed by atoms with van der Waals surface area (Å²) in [5.74, 6) is 0.00473. The number of nitrogens with zero attached hydrogens (tertiary/aromatic N) is 1. The van der Waals surface area contributed by atoms with Gasteiger partial charge in [-0.25, -0.2) is 0 Å². The Balaban J connectivity index is 1.55. The number of thiophene rings is 1. The minimum Gasteiger partial charge on any atom is -0.372 e. The van der Waals surface area contributed by atoms with Gasteiger partial charge in [0, 0.05) is 25.3 Å². The van der Waals surface area contributed by atoms with E-state index in [-0.39, 0.29) is 5.91 Å². The largest absolute Gasteiger partial charge is 0.372 e. The number of nitrogens with one attached hydrogen (secondary N) is 1. The number of hydrogen-bond acceptors (Lipinski definition) is 3. The molecule has 110 valence electrons. The van der Waals surface area contributed by atoms with Crippen molar-refractivity contribution in [3.8, 4) is 0 Å². The van der Waals surface area contributed by atoms with Crippen LogP contribution in [0, 0.1) is 0 Å². The van der Waals surface area contributed by atoms with Crippen LogP contribution in [0.1, 0.15) is 34.5 Å². The Morgan fingerprint density at radius 1 is 1.10 bits per heavy atom. The lowest BCUT2D eigenvalue weighted by atomic mass is 10.1. The van der Waals surface area contributed by atoms with E-state index in [1.165, 1.54) is 36.3 Å². The van der Waals surface area contributed by atoms with E-state index in [2.05, 4.69) is 34.5 Å². The summed E-state index contributed by atoms with van der Waals surface area (Å²) in [4.78, 5) is 15.1. The first-order chi connectivity index (χ1) is 10.3. The Kier molecular flexibility index (Phi) is 4.55. The molecule has 0 aliphatic carbocycles. The van der Waals surface area contributed by atoms with E-state index < -0.39 is 0 Å². The SMILES string of the molecule is O=C(NCc1ccc(N2CCCCC2)cc1)c1cccs1. The third kappa shape index (κ3) is 3.64. The second-order valence-corrected chi connectivity index (χ2v) is 6.32. The third-order valence-corrected chi connectivity index (χ3v) is 4.72. The molecule has 3 rings (SSSR count). The van der Waals surface area contributed by atoms with E-state index in [0.29, 0.717) is 6.54 Å². The highest BCUT2D eigenvalue weighted by Gasteiger charge is 2.10. The molecule has 0 radical (unpaired) electrons. The molecule has 3 nitrogen and oxygen atoms in total. The molecule has 2 heterocycles. The lowest BCUT2D eigenvalue weighted by Crippen LogP contribution is -2.29. The monoisotopic (exact) mass is 300 g/mol. The van der Waals surface area contributed by atoms with E-state index in [1.54, 1.807) is 0 Å². The van der Waals surface area contributed by atoms with Crippen LogP contribution in [0.5, 0.6) is 0 Å². The van der Waals surface area contributed by atoms with Gasteiger partial charge in [0.2, 0.25) is 0 Å². The Hall–Kier alpha value is -1.81. The molecule has 0 saturated carbocycles. The van der Waals surface area contributed by atoms with Gasteiger partial charge in [0.25, 0.3) is 5.91 Å². The van der Waals surface area contributed by atoms with Crippen LogP contribution in [-0.4, -0.2) is 19.0 Å². The zero-order valence-corrected chi connectivity index (χ0v) is 12.9. The molecular weight excluding hydrogens is 280 g/mol. The predicted octanol–water partition coefficient (Wildman–Crippen LogP) is 3.67. The van der Waals surface area contributed by atoms with E-state index in [4.69, 9.17) is 0 Å². The van der Waals surface area contributed by atoms with Gasteiger partial charge in [0.15, 0.2) is 0 Å². The van der Waals surface area contributed by atoms with Crippen LogP contribution in [0.2, 0.25) is 0 Å². The van der Waals surface area contributed by atoms with Gasteiger partial charge in [-0.15, -0.1) is 11.3 Å². The number of hydrogen-bond donors (Lipinski definition) is 1. The van der Waals surface area contributed by atoms with Crippen LogP contribution in [-0.2, 0) is 6.54 Å². The van der Waals surface area contributed by atoms with Crippen LogP contribution in [0.3, 0.4) is 0 Å². The summed E-state index contributed by atoms with van der Waals surface area (Å²) < 4.78 is 0. The summed E-state index contributed by atoms with van der Waals surface area (Å²) in [6.07, 6.45) is 3.93. The number of carbonyl (C=O) groups excluding carboxylic acids is 1. The van der Waals surface area contributed by atoms with Crippen LogP contribution in [0.4, 0.5) is 5.69 Å². The molecule has 1 aliphatic rings. The van der Waals surface area contributed by atoms with Crippen molar-refractivity contribution in [3.63, 3.8) is 0 Å². The average Bonchev–Trinajstić information content (AvgIpc) is 3.08. The lowest BCUT2D eigenvalue weighted by molar-refractivity contribution is 0.0955. The highest BCUT2D eigenvalue weighted by Crippen LogP contribution is 2.20. The third-order valence-electron chi connectivity index (χ3n) is 3.86. The normalized spacial score (nSPS) is 15.0. The van der Waals surface area contributed by atoms with Gasteiger partial charge in [-0.2, -0.15) is 0 Å². The molecule has 1 aromatic heterocycles. The van der Waals surface area contributed by atoms with E-state index in [9.17, 15) is 4.79 Å². The van der Waals surface area contributed by atoms with Crippen molar-refractivity contribution in [2.45, 2.75) is 25.8 Å². The van der Waals surface area contributed by atoms with E-state index >= 15 is 0 Å². The van der Waals surface area contributed by atoms with Crippen LogP contribution in [0.25, 0.3) is 0 Å². The fourth-order valence-electron chi connectivity index (χ4n) is 2.65. The minimum atomic E-state index is 0.00473. The molecule has 2 aromatic rings. The maximum Gasteiger partial charge on any atom is 0.261 e. The molecule has 1 saturated heterocycles. The van der Waals surface area contributed by atoms with Crippen molar-refractivity contribution in [2.24, 2.45) is 0 Å². The number of carbonyl (C=O) groups is 1. The van der Waals surface area contributed by atoms with Crippen molar-refractivity contribution >= 4 is 22.9 Å². The van der Waals surface area contributed by atoms with Crippen molar-refractivity contribution in [1.29, 1.82) is 0 Å². The van der Waals surface area contributed by atoms with Crippen molar-refractivity contribution in [1.82, 2.24) is 5.32 Å². The topological polar surface area (TPSA) is 32.3 Å². The molecule has 1 amide bonds. The first-order valence-electron chi connectivity index (χ1n) is 7.48. The molecule has 0 unspecified atom stereocenters. The van der Waals surface area contributed by atoms with Crippen molar-refractivity contribution in [3.05, 3.63) is 52.2 Å². The fourth-order valence-corrected chi connectivity index (χ4v) is 3.29. The Bertz CT molecular complexity index is 571. The highest BCUT2D eigenvalue weighted by atomic mass is 32.1. The zero-order chi connectivity index (χ0) is 14.5. The van der Waals surface area contributed by atoms with E-state index in [1.807, 2.05) is 17.5 Å². The Morgan fingerprint density at radius 2 is 1.86 bits per heavy atom. The van der Waals surface area contributed by atoms with Gasteiger partial charge in [-0.3, -0.25) is 4.79 Å². The first kappa shape index (κ1) is 14.1. The van der Waals surface area contributed by atoms with Gasteiger partial charge >= 0.3 is 0 Å². The average molecular weight is 300 g/mol. The molecule has 21 heavy (non-hydrogen) atoms. The molecule has 0 spiro atoms. The number of amides is 1. The lowest BCUT2D eigenvalue weighted by Gasteiger charge is -2.28. The number of piperidine rings is 1. The molecule has 4 heteroatoms. The van der Waals surface area contributed by atoms with Gasteiger partial charge in [0.05, 0.1) is 4.88 Å². The first-order valence-corrected chi connectivity index (χ1v) is 8.36. The molecule has 0 bridgehead atoms. The molecule has 1 aliphatic heterocycles. The van der Waals surface area contributed by atoms with Gasteiger partial charge in [-0.05, 0) is 48.4 Å². The standard InChI is InChI=1S/C17H20N2OS/c20-17(16-5-4-12-21-16)18-13-14-6-8-15(9-7-14)19-10-2-1-3-11-19/h4-9,12H,1-3,10-11,13H2,(H,18,20). The molecule has 1 N–H and O–H groups in total. The van der Waals surface area contributed by atoms with Gasteiger partial charge in [0.1, 0.15) is 0 Å². The van der Waals surface area contributed by atoms with Crippen LogP contribution < -0.4 is 10.2 Å². The number of rotatable bonds is 4. The fraction of sp³-hybridized carbons (Fsp3) is 0.353. The van der Waals surface area contributed by atoms with Gasteiger partial charge < -0.3 is 10.2 Å². The van der Waals surface area contributed by atoms with Crippen LogP contribution in [0.15, 0.2) is 41.8 Å². The molecular formula is C17H20N2OS. The molecule has 0 atom stereocenters. The molecule has 1 aromatic carbocycles. The number of anilines is 1. The summed E-state index contributed by atoms with van der Waals surface area (Å²) in [5.41, 5.74) is 2.43. The predicted molar refractivity (Wildman–Crippen MR) is 88.0 cm³/mol. The summed E-state index contributed by atoms with van der Waals surface area (Å²) >= 11 is 1.47. The van der Waals surface area contributed by atoms with Crippen LogP contribution >= 0.6 is 11.3 Å². The number of benzene rings is 1. The maximum atomic E-state index is 11.9. The summed E-state index contributed by atoms with van der Waals surface area (Å²) in [6, 6.07) is 12.3. The van der Waals surface area contributed by atoms with Crippen molar-refractivity contribution in [2.75, 3.05) is 18.0 Å². The smallest absolute Gasteiger partial charge is 0.261 e. The summed E-state index contributed by atoms with van der Waals surface area (Å²) in [7, 11) is 0. The zero-order valence-electron chi connectivity index (χ0n) is 12.0. The maximum absolute atomic E-state index is 11.9. The second kappa shape index (κ2) is 6.76. The molecule has 1 fully saturated rings. The Morgan fingerprint density at radius 3 is 2.52 bits per heavy atom. The van der Waals surface area contributed by atoms with E-state index in [0.717, 1.165) is 23.5 Å². The summed E-state index contributed by atoms with van der Waals surface area (Å²) in [6.45, 7) is 2.90. The van der Waals surface area contributed by atoms with Gasteiger partial charge in [-0.1, -0.05) is 18.2 Å². The van der Waals surface area contributed by atoms with Crippen molar-refractivity contribution < 1.29 is 4.79 Å². The second-order valence-electron chi connectivity index (χ2n) is 5.37.